The molecule has 3 nitrogen and oxygen atoms in total. The van der Waals surface area contributed by atoms with Crippen LogP contribution in [0.25, 0.3) is 0 Å². The van der Waals surface area contributed by atoms with Gasteiger partial charge in [-0.3, -0.25) is 4.79 Å². The molecule has 0 unspecified atom stereocenters. The zero-order chi connectivity index (χ0) is 18.6. The summed E-state index contributed by atoms with van der Waals surface area (Å²) in [5, 5.41) is 4.05. The highest BCUT2D eigenvalue weighted by Gasteiger charge is 2.27. The van der Waals surface area contributed by atoms with Crippen LogP contribution in [0.4, 0.5) is 9.39 Å². The van der Waals surface area contributed by atoms with Gasteiger partial charge in [0.2, 0.25) is 0 Å². The van der Waals surface area contributed by atoms with Gasteiger partial charge in [-0.25, -0.2) is 9.38 Å². The highest BCUT2D eigenvalue weighted by Crippen LogP contribution is 2.40. The van der Waals surface area contributed by atoms with E-state index in [1.165, 1.54) is 48.3 Å². The highest BCUT2D eigenvalue weighted by atomic mass is 32.1. The first-order valence-electron chi connectivity index (χ1n) is 9.96. The van der Waals surface area contributed by atoms with Crippen molar-refractivity contribution in [1.82, 2.24) is 5.32 Å². The molecule has 2 aliphatic rings. The zero-order valence-corrected chi connectivity index (χ0v) is 16.3. The summed E-state index contributed by atoms with van der Waals surface area (Å²) >= 11 is 1.64. The summed E-state index contributed by atoms with van der Waals surface area (Å²) in [6.07, 6.45) is 11.9. The van der Waals surface area contributed by atoms with Gasteiger partial charge in [0.25, 0.3) is 5.91 Å². The number of carbonyl (C=O) groups is 1. The first kappa shape index (κ1) is 18.4. The Kier molecular flexibility index (Phi) is 5.67. The quantitative estimate of drug-likeness (QED) is 0.687. The number of fused-ring (bicyclic) bond motifs is 1. The van der Waals surface area contributed by atoms with E-state index in [1.54, 1.807) is 29.7 Å². The molecular weight excluding hydrogens is 359 g/mol. The number of hydrogen-bond donors (Lipinski definition) is 1. The molecule has 0 saturated heterocycles. The lowest BCUT2D eigenvalue weighted by molar-refractivity contribution is 0.0927. The van der Waals surface area contributed by atoms with Crippen molar-refractivity contribution >= 4 is 28.5 Å². The van der Waals surface area contributed by atoms with Gasteiger partial charge in [0, 0.05) is 17.1 Å². The van der Waals surface area contributed by atoms with E-state index >= 15 is 0 Å². The second-order valence-electron chi connectivity index (χ2n) is 7.51. The van der Waals surface area contributed by atoms with E-state index in [-0.39, 0.29) is 11.7 Å². The maximum absolute atomic E-state index is 13.1. The average molecular weight is 385 g/mol. The van der Waals surface area contributed by atoms with Gasteiger partial charge in [0.05, 0.1) is 5.56 Å². The van der Waals surface area contributed by atoms with Gasteiger partial charge in [-0.1, -0.05) is 31.4 Å². The molecule has 1 amide bonds. The van der Waals surface area contributed by atoms with Crippen LogP contribution < -0.4 is 5.32 Å². The zero-order valence-electron chi connectivity index (χ0n) is 15.5. The molecule has 2 aliphatic carbocycles. The molecule has 0 aliphatic heterocycles. The van der Waals surface area contributed by atoms with Crippen molar-refractivity contribution < 1.29 is 9.18 Å². The summed E-state index contributed by atoms with van der Waals surface area (Å²) in [6, 6.07) is 6.55. The largest absolute Gasteiger partial charge is 0.349 e. The molecule has 0 spiro atoms. The van der Waals surface area contributed by atoms with Gasteiger partial charge in [-0.05, 0) is 61.8 Å². The third-order valence-corrected chi connectivity index (χ3v) is 6.72. The Balaban J connectivity index is 1.61. The minimum atomic E-state index is -0.258. The van der Waals surface area contributed by atoms with Crippen molar-refractivity contribution in [3.05, 3.63) is 51.7 Å². The number of thiophene rings is 1. The highest BCUT2D eigenvalue weighted by molar-refractivity contribution is 7.16. The van der Waals surface area contributed by atoms with E-state index in [9.17, 15) is 9.18 Å². The minimum Gasteiger partial charge on any atom is -0.349 e. The Labute approximate surface area is 163 Å². The Morgan fingerprint density at radius 1 is 1.07 bits per heavy atom. The maximum atomic E-state index is 13.1. The predicted octanol–water partition coefficient (Wildman–Crippen LogP) is 5.58. The van der Waals surface area contributed by atoms with Crippen LogP contribution in [0.15, 0.2) is 29.3 Å². The van der Waals surface area contributed by atoms with Gasteiger partial charge in [-0.15, -0.1) is 11.3 Å². The molecule has 27 heavy (non-hydrogen) atoms. The third-order valence-electron chi connectivity index (χ3n) is 5.52. The number of aliphatic imine (C=N–C) groups is 1. The van der Waals surface area contributed by atoms with Crippen molar-refractivity contribution in [1.29, 1.82) is 0 Å². The number of nitrogens with zero attached hydrogens (tertiary/aromatic N) is 1. The fourth-order valence-corrected chi connectivity index (χ4v) is 5.29. The van der Waals surface area contributed by atoms with E-state index in [1.807, 2.05) is 0 Å². The Bertz CT molecular complexity index is 835. The van der Waals surface area contributed by atoms with Crippen LogP contribution in [0.2, 0.25) is 0 Å². The summed E-state index contributed by atoms with van der Waals surface area (Å²) in [4.78, 5) is 19.0. The second kappa shape index (κ2) is 8.34. The van der Waals surface area contributed by atoms with Gasteiger partial charge in [0.15, 0.2) is 0 Å². The van der Waals surface area contributed by atoms with Crippen molar-refractivity contribution in [2.75, 3.05) is 0 Å². The molecule has 0 radical (unpaired) electrons. The lowest BCUT2D eigenvalue weighted by Gasteiger charge is -2.23. The third kappa shape index (κ3) is 4.29. The summed E-state index contributed by atoms with van der Waals surface area (Å²) in [6.45, 7) is 0. The smallest absolute Gasteiger partial charge is 0.254 e. The van der Waals surface area contributed by atoms with Crippen LogP contribution in [0, 0.1) is 5.82 Å². The van der Waals surface area contributed by atoms with Crippen LogP contribution in [-0.2, 0) is 12.8 Å². The molecule has 1 N–H and O–H groups in total. The molecule has 4 rings (SSSR count). The lowest BCUT2D eigenvalue weighted by atomic mass is 9.93. The molecule has 5 heteroatoms. The molecule has 1 saturated carbocycles. The number of amides is 1. The molecule has 1 aromatic carbocycles. The normalized spacial score (nSPS) is 17.8. The molecule has 0 bridgehead atoms. The maximum Gasteiger partial charge on any atom is 0.254 e. The molecule has 2 aromatic rings. The fraction of sp³-hybridized carbons (Fsp3) is 0.455. The van der Waals surface area contributed by atoms with Gasteiger partial charge in [-0.2, -0.15) is 0 Å². The van der Waals surface area contributed by atoms with Gasteiger partial charge < -0.3 is 5.32 Å². The average Bonchev–Trinajstić information content (AvgIpc) is 3.07. The number of carbonyl (C=O) groups excluding carboxylic acids is 1. The van der Waals surface area contributed by atoms with Gasteiger partial charge >= 0.3 is 0 Å². The van der Waals surface area contributed by atoms with E-state index < -0.39 is 0 Å². The molecule has 1 aromatic heterocycles. The summed E-state index contributed by atoms with van der Waals surface area (Å²) in [5.41, 5.74) is 2.81. The monoisotopic (exact) mass is 384 g/mol. The van der Waals surface area contributed by atoms with E-state index in [4.69, 9.17) is 0 Å². The first-order chi connectivity index (χ1) is 13.2. The van der Waals surface area contributed by atoms with E-state index in [0.29, 0.717) is 6.04 Å². The molecular formula is C22H25FN2OS. The van der Waals surface area contributed by atoms with Gasteiger partial charge in [0.1, 0.15) is 10.8 Å². The minimum absolute atomic E-state index is 0.0348. The molecule has 0 atom stereocenters. The Hall–Kier alpha value is -2.01. The fourth-order valence-electron chi connectivity index (χ4n) is 4.06. The number of benzene rings is 1. The number of hydrogen-bond acceptors (Lipinski definition) is 3. The van der Waals surface area contributed by atoms with Crippen LogP contribution in [0.1, 0.15) is 71.3 Å². The predicted molar refractivity (Wildman–Crippen MR) is 109 cm³/mol. The molecule has 142 valence electrons. The number of rotatable bonds is 4. The van der Waals surface area contributed by atoms with Crippen molar-refractivity contribution in [3.8, 4) is 0 Å². The number of nitrogens with one attached hydrogen (secondary N) is 1. The number of halogens is 1. The van der Waals surface area contributed by atoms with E-state index in [2.05, 4.69) is 10.3 Å². The van der Waals surface area contributed by atoms with Crippen LogP contribution in [0.3, 0.4) is 0 Å². The summed E-state index contributed by atoms with van der Waals surface area (Å²) < 4.78 is 13.1. The standard InChI is InChI=1S/C22H25FN2OS/c23-16-12-10-15(11-13-16)14-24-22-20(18-8-4-5-9-19(18)27-22)21(26)25-17-6-2-1-3-7-17/h10-14,17H,1-9H2,(H,25,26)/b24-14-. The van der Waals surface area contributed by atoms with Crippen LogP contribution in [-0.4, -0.2) is 18.2 Å². The van der Waals surface area contributed by atoms with Crippen LogP contribution >= 0.6 is 11.3 Å². The summed E-state index contributed by atoms with van der Waals surface area (Å²) in [7, 11) is 0. The van der Waals surface area contributed by atoms with Crippen molar-refractivity contribution in [2.24, 2.45) is 4.99 Å². The Morgan fingerprint density at radius 3 is 2.59 bits per heavy atom. The lowest BCUT2D eigenvalue weighted by Crippen LogP contribution is -2.36. The van der Waals surface area contributed by atoms with Crippen molar-refractivity contribution in [2.45, 2.75) is 63.8 Å². The SMILES string of the molecule is O=C(NC1CCCCC1)c1c(/N=C\c2ccc(F)cc2)sc2c1CCCC2. The second-order valence-corrected chi connectivity index (χ2v) is 8.59. The molecule has 1 heterocycles. The number of aryl methyl sites for hydroxylation is 1. The van der Waals surface area contributed by atoms with E-state index in [0.717, 1.165) is 48.2 Å². The topological polar surface area (TPSA) is 41.5 Å². The Morgan fingerprint density at radius 2 is 1.81 bits per heavy atom. The first-order valence-corrected chi connectivity index (χ1v) is 10.8. The summed E-state index contributed by atoms with van der Waals surface area (Å²) in [5.74, 6) is -0.223. The molecule has 1 fully saturated rings. The van der Waals surface area contributed by atoms with Crippen LogP contribution in [0.5, 0.6) is 0 Å². The van der Waals surface area contributed by atoms with Crippen molar-refractivity contribution in [3.63, 3.8) is 0 Å².